The highest BCUT2D eigenvalue weighted by atomic mass is 32.2. The quantitative estimate of drug-likeness (QED) is 0.811. The molecular formula is C22H35NO3S. The number of aromatic hydroxyl groups is 1. The van der Waals surface area contributed by atoms with E-state index in [0.29, 0.717) is 23.8 Å². The van der Waals surface area contributed by atoms with Gasteiger partial charge in [0, 0.05) is 26.9 Å². The summed E-state index contributed by atoms with van der Waals surface area (Å²) in [5.41, 5.74) is 2.39. The number of ether oxygens (including phenoxy) is 1. The van der Waals surface area contributed by atoms with Gasteiger partial charge in [0.25, 0.3) is 0 Å². The molecule has 0 saturated heterocycles. The fourth-order valence-electron chi connectivity index (χ4n) is 2.88. The van der Waals surface area contributed by atoms with Crippen LogP contribution in [0.15, 0.2) is 17.1 Å². The van der Waals surface area contributed by atoms with Crippen LogP contribution in [0.3, 0.4) is 0 Å². The number of aliphatic imine (C=N–C) groups is 1. The van der Waals surface area contributed by atoms with Crippen molar-refractivity contribution >= 4 is 16.7 Å². The van der Waals surface area contributed by atoms with Gasteiger partial charge in [0.05, 0.1) is 11.6 Å². The molecule has 0 radical (unpaired) electrons. The van der Waals surface area contributed by atoms with Gasteiger partial charge in [-0.05, 0) is 43.2 Å². The molecule has 1 N–H and O–H groups in total. The van der Waals surface area contributed by atoms with Crippen molar-refractivity contribution in [3.8, 4) is 5.75 Å². The highest BCUT2D eigenvalue weighted by molar-refractivity contribution is 7.86. The average molecular weight is 394 g/mol. The SMILES string of the molecule is CC(C)(C)c1cc(C2=N[C@@H](CS(=O)C(C)(C)C)CO2)c(O)c(C(C)(C)C)c1. The summed E-state index contributed by atoms with van der Waals surface area (Å²) < 4.78 is 18.0. The van der Waals surface area contributed by atoms with Gasteiger partial charge in [-0.1, -0.05) is 47.6 Å². The van der Waals surface area contributed by atoms with E-state index in [1.165, 1.54) is 0 Å². The van der Waals surface area contributed by atoms with Gasteiger partial charge in [0.2, 0.25) is 5.90 Å². The molecule has 1 heterocycles. The third-order valence-electron chi connectivity index (χ3n) is 4.75. The number of phenols is 1. The Kier molecular flexibility index (Phi) is 5.87. The highest BCUT2D eigenvalue weighted by Crippen LogP contribution is 2.38. The Hall–Kier alpha value is -1.36. The van der Waals surface area contributed by atoms with E-state index >= 15 is 0 Å². The Morgan fingerprint density at radius 3 is 2.15 bits per heavy atom. The first-order valence-electron chi connectivity index (χ1n) is 9.58. The number of nitrogens with zero attached hydrogens (tertiary/aromatic N) is 1. The van der Waals surface area contributed by atoms with Crippen molar-refractivity contribution in [3.05, 3.63) is 28.8 Å². The summed E-state index contributed by atoms with van der Waals surface area (Å²) in [5.74, 6) is 1.16. The van der Waals surface area contributed by atoms with E-state index in [4.69, 9.17) is 4.74 Å². The average Bonchev–Trinajstić information content (AvgIpc) is 2.92. The molecule has 0 saturated carbocycles. The van der Waals surface area contributed by atoms with Crippen LogP contribution in [0.1, 0.15) is 79.0 Å². The first-order valence-corrected chi connectivity index (χ1v) is 10.9. The van der Waals surface area contributed by atoms with Crippen LogP contribution >= 0.6 is 0 Å². The number of rotatable bonds is 3. The van der Waals surface area contributed by atoms with E-state index in [-0.39, 0.29) is 27.4 Å². The van der Waals surface area contributed by atoms with Gasteiger partial charge < -0.3 is 9.84 Å². The first-order chi connectivity index (χ1) is 12.1. The van der Waals surface area contributed by atoms with Crippen LogP contribution < -0.4 is 0 Å². The lowest BCUT2D eigenvalue weighted by molar-refractivity contribution is 0.323. The van der Waals surface area contributed by atoms with E-state index in [1.54, 1.807) is 0 Å². The molecule has 2 rings (SSSR count). The molecular weight excluding hydrogens is 358 g/mol. The van der Waals surface area contributed by atoms with Gasteiger partial charge in [-0.15, -0.1) is 0 Å². The largest absolute Gasteiger partial charge is 0.507 e. The summed E-state index contributed by atoms with van der Waals surface area (Å²) in [6.45, 7) is 19.0. The predicted molar refractivity (Wildman–Crippen MR) is 115 cm³/mol. The fourth-order valence-corrected chi connectivity index (χ4v) is 3.90. The van der Waals surface area contributed by atoms with Crippen molar-refractivity contribution in [3.63, 3.8) is 0 Å². The van der Waals surface area contributed by atoms with Gasteiger partial charge in [0.1, 0.15) is 12.4 Å². The second-order valence-corrected chi connectivity index (χ2v) is 12.7. The van der Waals surface area contributed by atoms with Gasteiger partial charge in [-0.2, -0.15) is 0 Å². The van der Waals surface area contributed by atoms with Crippen LogP contribution in [0.2, 0.25) is 0 Å². The minimum Gasteiger partial charge on any atom is -0.507 e. The van der Waals surface area contributed by atoms with Crippen molar-refractivity contribution in [2.45, 2.75) is 83.9 Å². The lowest BCUT2D eigenvalue weighted by Crippen LogP contribution is -2.29. The fraction of sp³-hybridized carbons (Fsp3) is 0.682. The minimum absolute atomic E-state index is 0.0608. The molecule has 152 valence electrons. The summed E-state index contributed by atoms with van der Waals surface area (Å²) >= 11 is 0. The molecule has 1 aliphatic rings. The van der Waals surface area contributed by atoms with Crippen molar-refractivity contribution in [1.29, 1.82) is 0 Å². The number of hydrogen-bond acceptors (Lipinski definition) is 4. The van der Waals surface area contributed by atoms with Gasteiger partial charge in [-0.25, -0.2) is 4.99 Å². The Balaban J connectivity index is 2.46. The lowest BCUT2D eigenvalue weighted by atomic mass is 9.79. The molecule has 1 aromatic rings. The summed E-state index contributed by atoms with van der Waals surface area (Å²) in [7, 11) is -0.990. The Morgan fingerprint density at radius 1 is 1.07 bits per heavy atom. The van der Waals surface area contributed by atoms with E-state index in [1.807, 2.05) is 26.8 Å². The van der Waals surface area contributed by atoms with Crippen molar-refractivity contribution in [2.75, 3.05) is 12.4 Å². The predicted octanol–water partition coefficient (Wildman–Crippen LogP) is 4.68. The molecule has 0 fully saturated rings. The second kappa shape index (κ2) is 7.23. The van der Waals surface area contributed by atoms with E-state index in [2.05, 4.69) is 52.6 Å². The molecule has 0 bridgehead atoms. The monoisotopic (exact) mass is 393 g/mol. The Labute approximate surface area is 166 Å². The Morgan fingerprint density at radius 2 is 1.67 bits per heavy atom. The number of benzene rings is 1. The third-order valence-corrected chi connectivity index (χ3v) is 6.81. The first kappa shape index (κ1) is 21.9. The molecule has 1 aromatic carbocycles. The van der Waals surface area contributed by atoms with Crippen LogP contribution in [-0.2, 0) is 26.4 Å². The molecule has 1 unspecified atom stereocenters. The van der Waals surface area contributed by atoms with Crippen molar-refractivity contribution < 1.29 is 14.1 Å². The number of phenolic OH excluding ortho intramolecular Hbond substituents is 1. The van der Waals surface area contributed by atoms with Crippen LogP contribution in [-0.4, -0.2) is 38.4 Å². The lowest BCUT2D eigenvalue weighted by Gasteiger charge is -2.27. The summed E-state index contributed by atoms with van der Waals surface area (Å²) in [6.07, 6.45) is 0. The molecule has 2 atom stereocenters. The molecule has 27 heavy (non-hydrogen) atoms. The standard InChI is InChI=1S/C22H35NO3S/c1-20(2,3)14-10-16(18(24)17(11-14)21(4,5)6)19-23-15(12-26-19)13-27(25)22(7,8)9/h10-11,15,24H,12-13H2,1-9H3/t15-,27?/m1/s1. The van der Waals surface area contributed by atoms with Crippen LogP contribution in [0, 0.1) is 0 Å². The second-order valence-electron chi connectivity index (χ2n) is 10.4. The third kappa shape index (κ3) is 5.13. The highest BCUT2D eigenvalue weighted by Gasteiger charge is 2.31. The Bertz CT molecular complexity index is 761. The van der Waals surface area contributed by atoms with E-state index in [0.717, 1.165) is 11.1 Å². The van der Waals surface area contributed by atoms with Crippen LogP contribution in [0.5, 0.6) is 5.75 Å². The van der Waals surface area contributed by atoms with Crippen LogP contribution in [0.4, 0.5) is 0 Å². The van der Waals surface area contributed by atoms with Gasteiger partial charge in [0.15, 0.2) is 0 Å². The molecule has 0 aromatic heterocycles. The maximum atomic E-state index is 12.4. The van der Waals surface area contributed by atoms with Crippen molar-refractivity contribution in [2.24, 2.45) is 4.99 Å². The molecule has 4 nitrogen and oxygen atoms in total. The zero-order valence-electron chi connectivity index (χ0n) is 18.3. The summed E-state index contributed by atoms with van der Waals surface area (Å²) in [6, 6.07) is 3.92. The maximum absolute atomic E-state index is 12.4. The maximum Gasteiger partial charge on any atom is 0.220 e. The summed E-state index contributed by atoms with van der Waals surface area (Å²) in [4.78, 5) is 4.66. The van der Waals surface area contributed by atoms with Crippen molar-refractivity contribution in [1.82, 2.24) is 0 Å². The molecule has 0 aliphatic carbocycles. The topological polar surface area (TPSA) is 58.9 Å². The van der Waals surface area contributed by atoms with E-state index < -0.39 is 10.8 Å². The van der Waals surface area contributed by atoms with E-state index in [9.17, 15) is 9.32 Å². The van der Waals surface area contributed by atoms with Crippen LogP contribution in [0.25, 0.3) is 0 Å². The zero-order chi connectivity index (χ0) is 20.8. The smallest absolute Gasteiger partial charge is 0.220 e. The summed E-state index contributed by atoms with van der Waals surface area (Å²) in [5, 5.41) is 11.0. The molecule has 5 heteroatoms. The minimum atomic E-state index is -0.990. The molecule has 1 aliphatic heterocycles. The molecule has 0 spiro atoms. The molecule has 0 amide bonds. The number of hydrogen-bond donors (Lipinski definition) is 1. The van der Waals surface area contributed by atoms with Gasteiger partial charge in [-0.3, -0.25) is 4.21 Å². The normalized spacial score (nSPS) is 19.6. The zero-order valence-corrected chi connectivity index (χ0v) is 19.1. The van der Waals surface area contributed by atoms with Gasteiger partial charge >= 0.3 is 0 Å².